The monoisotopic (exact) mass is 418 g/mol. The van der Waals surface area contributed by atoms with Crippen LogP contribution < -0.4 is 11.2 Å². The molecule has 4 rings (SSSR count). The lowest BCUT2D eigenvalue weighted by Crippen LogP contribution is -2.23. The van der Waals surface area contributed by atoms with Gasteiger partial charge in [0.2, 0.25) is 0 Å². The van der Waals surface area contributed by atoms with Crippen LogP contribution in [0.15, 0.2) is 56.5 Å². The number of fused-ring (bicyclic) bond motifs is 2. The number of rotatable bonds is 4. The summed E-state index contributed by atoms with van der Waals surface area (Å²) in [5.74, 6) is -0.391. The molecule has 0 N–H and O–H groups in total. The molecule has 0 aliphatic carbocycles. The first-order valence-electron chi connectivity index (χ1n) is 9.96. The maximum Gasteiger partial charge on any atom is 0.359 e. The summed E-state index contributed by atoms with van der Waals surface area (Å²) in [4.78, 5) is 37.2. The molecule has 7 nitrogen and oxygen atoms in total. The zero-order valence-electron chi connectivity index (χ0n) is 17.8. The van der Waals surface area contributed by atoms with Gasteiger partial charge in [-0.15, -0.1) is 0 Å². The van der Waals surface area contributed by atoms with Crippen LogP contribution in [-0.4, -0.2) is 15.7 Å². The molecule has 0 unspecified atom stereocenters. The second-order valence-electron chi connectivity index (χ2n) is 7.85. The van der Waals surface area contributed by atoms with Gasteiger partial charge in [0, 0.05) is 29.4 Å². The normalized spacial score (nSPS) is 11.4. The van der Waals surface area contributed by atoms with E-state index in [1.165, 1.54) is 13.1 Å². The first-order chi connectivity index (χ1) is 14.8. The third-order valence-corrected chi connectivity index (χ3v) is 5.35. The number of carbonyl (C=O) groups excluding carboxylic acids is 1. The van der Waals surface area contributed by atoms with Gasteiger partial charge >= 0.3 is 11.6 Å². The Morgan fingerprint density at radius 2 is 1.81 bits per heavy atom. The molecule has 31 heavy (non-hydrogen) atoms. The number of esters is 1. The highest BCUT2D eigenvalue weighted by Gasteiger charge is 2.18. The molecule has 0 amide bonds. The van der Waals surface area contributed by atoms with Gasteiger partial charge in [-0.3, -0.25) is 4.79 Å². The highest BCUT2D eigenvalue weighted by Crippen LogP contribution is 2.27. The fourth-order valence-corrected chi connectivity index (χ4v) is 3.79. The minimum atomic E-state index is -0.676. The maximum atomic E-state index is 12.8. The molecule has 4 aromatic rings. The Hall–Kier alpha value is -3.74. The molecule has 7 heteroatoms. The maximum absolute atomic E-state index is 12.8. The van der Waals surface area contributed by atoms with Gasteiger partial charge in [0.25, 0.3) is 5.56 Å². The number of aryl methyl sites for hydroxylation is 2. The van der Waals surface area contributed by atoms with Crippen LogP contribution in [0.4, 0.5) is 0 Å². The van der Waals surface area contributed by atoms with Gasteiger partial charge in [-0.1, -0.05) is 32.0 Å². The van der Waals surface area contributed by atoms with Gasteiger partial charge < -0.3 is 9.15 Å². The predicted molar refractivity (Wildman–Crippen MR) is 117 cm³/mol. The Labute approximate surface area is 177 Å². The van der Waals surface area contributed by atoms with Crippen molar-refractivity contribution in [1.29, 1.82) is 0 Å². The Kier molecular flexibility index (Phi) is 5.19. The van der Waals surface area contributed by atoms with Crippen LogP contribution in [0.25, 0.3) is 21.7 Å². The van der Waals surface area contributed by atoms with Crippen molar-refractivity contribution in [2.24, 2.45) is 7.05 Å². The van der Waals surface area contributed by atoms with E-state index < -0.39 is 11.6 Å². The molecule has 0 bridgehead atoms. The zero-order chi connectivity index (χ0) is 22.3. The third-order valence-electron chi connectivity index (χ3n) is 5.35. The molecule has 0 saturated carbocycles. The average molecular weight is 418 g/mol. The summed E-state index contributed by atoms with van der Waals surface area (Å²) >= 11 is 0. The zero-order valence-corrected chi connectivity index (χ0v) is 17.8. The minimum Gasteiger partial charge on any atom is -0.456 e. The summed E-state index contributed by atoms with van der Waals surface area (Å²) in [6.45, 7) is 6.02. The van der Waals surface area contributed by atoms with Crippen LogP contribution in [0, 0.1) is 6.92 Å². The fraction of sp³-hybridized carbons (Fsp3) is 0.250. The summed E-state index contributed by atoms with van der Waals surface area (Å²) in [6, 6.07) is 11.9. The first kappa shape index (κ1) is 20.5. The van der Waals surface area contributed by atoms with E-state index in [2.05, 4.69) is 18.9 Å². The predicted octanol–water partition coefficient (Wildman–Crippen LogP) is 3.83. The molecule has 0 atom stereocenters. The van der Waals surface area contributed by atoms with E-state index >= 15 is 0 Å². The lowest BCUT2D eigenvalue weighted by molar-refractivity contribution is 0.0466. The van der Waals surface area contributed by atoms with E-state index in [0.29, 0.717) is 21.9 Å². The molecule has 158 valence electrons. The number of carbonyl (C=O) groups is 1. The van der Waals surface area contributed by atoms with Crippen molar-refractivity contribution in [3.63, 3.8) is 0 Å². The van der Waals surface area contributed by atoms with E-state index in [-0.39, 0.29) is 23.8 Å². The van der Waals surface area contributed by atoms with Crippen molar-refractivity contribution in [2.45, 2.75) is 33.3 Å². The van der Waals surface area contributed by atoms with Crippen LogP contribution >= 0.6 is 0 Å². The number of ether oxygens (including phenoxy) is 1. The van der Waals surface area contributed by atoms with Crippen LogP contribution in [0.1, 0.15) is 46.9 Å². The van der Waals surface area contributed by atoms with E-state index in [1.807, 2.05) is 19.1 Å². The number of benzene rings is 2. The van der Waals surface area contributed by atoms with Gasteiger partial charge in [-0.05, 0) is 42.2 Å². The summed E-state index contributed by atoms with van der Waals surface area (Å²) in [6.07, 6.45) is 0. The average Bonchev–Trinajstić information content (AvgIpc) is 2.73. The molecule has 0 fully saturated rings. The molecular formula is C24H22N2O5. The van der Waals surface area contributed by atoms with Crippen LogP contribution in [0.3, 0.4) is 0 Å². The molecule has 2 aromatic carbocycles. The second kappa shape index (κ2) is 7.83. The molecular weight excluding hydrogens is 396 g/mol. The molecule has 0 spiro atoms. The number of hydrogen-bond acceptors (Lipinski definition) is 6. The smallest absolute Gasteiger partial charge is 0.359 e. The van der Waals surface area contributed by atoms with Crippen molar-refractivity contribution in [3.05, 3.63) is 85.6 Å². The van der Waals surface area contributed by atoms with Gasteiger partial charge in [0.1, 0.15) is 12.2 Å². The van der Waals surface area contributed by atoms with E-state index in [4.69, 9.17) is 9.15 Å². The van der Waals surface area contributed by atoms with Crippen molar-refractivity contribution in [1.82, 2.24) is 9.78 Å². The van der Waals surface area contributed by atoms with Gasteiger partial charge in [-0.2, -0.15) is 5.10 Å². The third kappa shape index (κ3) is 3.74. The van der Waals surface area contributed by atoms with Crippen LogP contribution in [0.5, 0.6) is 0 Å². The Balaban J connectivity index is 1.73. The van der Waals surface area contributed by atoms with Gasteiger partial charge in [0.05, 0.1) is 5.39 Å². The molecule has 2 aromatic heterocycles. The topological polar surface area (TPSA) is 91.4 Å². The molecule has 0 aliphatic rings. The van der Waals surface area contributed by atoms with Crippen LogP contribution in [-0.2, 0) is 18.4 Å². The summed E-state index contributed by atoms with van der Waals surface area (Å²) in [5, 5.41) is 5.62. The van der Waals surface area contributed by atoms with Gasteiger partial charge in [0.15, 0.2) is 5.69 Å². The fourth-order valence-electron chi connectivity index (χ4n) is 3.79. The standard InChI is InChI=1S/C24H22N2O5/c1-13(2)18-11-19-15(10-21(27)31-20(19)9-14(18)3)12-30-24(29)22-16-7-5-6-8-17(16)23(28)26(4)25-22/h5-11,13H,12H2,1-4H3. The highest BCUT2D eigenvalue weighted by molar-refractivity contribution is 6.02. The van der Waals surface area contributed by atoms with E-state index in [1.54, 1.807) is 24.3 Å². The molecule has 2 heterocycles. The lowest BCUT2D eigenvalue weighted by atomic mass is 9.95. The van der Waals surface area contributed by atoms with Gasteiger partial charge in [-0.25, -0.2) is 14.3 Å². The number of aromatic nitrogens is 2. The Morgan fingerprint density at radius 1 is 1.10 bits per heavy atom. The summed E-state index contributed by atoms with van der Waals surface area (Å²) < 4.78 is 12.0. The van der Waals surface area contributed by atoms with E-state index in [0.717, 1.165) is 21.2 Å². The SMILES string of the molecule is Cc1cc2oc(=O)cc(COC(=O)c3nn(C)c(=O)c4ccccc34)c2cc1C(C)C. The van der Waals surface area contributed by atoms with Crippen molar-refractivity contribution >= 4 is 27.7 Å². The summed E-state index contributed by atoms with van der Waals surface area (Å²) in [5.41, 5.74) is 2.39. The largest absolute Gasteiger partial charge is 0.456 e. The molecule has 0 saturated heterocycles. The minimum absolute atomic E-state index is 0.0451. The number of nitrogens with zero attached hydrogens (tertiary/aromatic N) is 2. The first-order valence-corrected chi connectivity index (χ1v) is 9.96. The molecule has 0 radical (unpaired) electrons. The quantitative estimate of drug-likeness (QED) is 0.370. The van der Waals surface area contributed by atoms with Crippen molar-refractivity contribution in [2.75, 3.05) is 0 Å². The van der Waals surface area contributed by atoms with Crippen molar-refractivity contribution in [3.8, 4) is 0 Å². The van der Waals surface area contributed by atoms with E-state index in [9.17, 15) is 14.4 Å². The van der Waals surface area contributed by atoms with Crippen molar-refractivity contribution < 1.29 is 13.9 Å². The highest BCUT2D eigenvalue weighted by atomic mass is 16.5. The second-order valence-corrected chi connectivity index (χ2v) is 7.85. The molecule has 0 aliphatic heterocycles. The van der Waals surface area contributed by atoms with Crippen LogP contribution in [0.2, 0.25) is 0 Å². The Bertz CT molecular complexity index is 1450. The summed E-state index contributed by atoms with van der Waals surface area (Å²) in [7, 11) is 1.48. The Morgan fingerprint density at radius 3 is 2.52 bits per heavy atom. The number of hydrogen-bond donors (Lipinski definition) is 0. The lowest BCUT2D eigenvalue weighted by Gasteiger charge is -2.13.